The standard InChI is InChI=1S/C17H23N3O3/c1-21-15-4-2-3-14(9-15)11-22-12-16-19-17(23-20-16)6-5-13-7-8-18-10-13/h2-4,9,13,18H,5-8,10-12H2,1H3. The van der Waals surface area contributed by atoms with E-state index in [9.17, 15) is 0 Å². The van der Waals surface area contributed by atoms with Gasteiger partial charge in [-0.2, -0.15) is 4.98 Å². The highest BCUT2D eigenvalue weighted by Gasteiger charge is 2.16. The molecule has 2 heterocycles. The Morgan fingerprint density at radius 3 is 3.13 bits per heavy atom. The summed E-state index contributed by atoms with van der Waals surface area (Å²) in [5.41, 5.74) is 1.06. The minimum absolute atomic E-state index is 0.353. The number of rotatable bonds is 8. The number of aryl methyl sites for hydroxylation is 1. The number of ether oxygens (including phenoxy) is 2. The van der Waals surface area contributed by atoms with E-state index in [4.69, 9.17) is 14.0 Å². The van der Waals surface area contributed by atoms with E-state index in [1.54, 1.807) is 7.11 Å². The van der Waals surface area contributed by atoms with E-state index in [2.05, 4.69) is 15.5 Å². The number of benzene rings is 1. The lowest BCUT2D eigenvalue weighted by molar-refractivity contribution is 0.0998. The quantitative estimate of drug-likeness (QED) is 0.806. The molecule has 1 fully saturated rings. The number of methoxy groups -OCH3 is 1. The van der Waals surface area contributed by atoms with Crippen LogP contribution in [0.5, 0.6) is 5.75 Å². The lowest BCUT2D eigenvalue weighted by Gasteiger charge is -2.04. The van der Waals surface area contributed by atoms with Crippen LogP contribution < -0.4 is 10.1 Å². The van der Waals surface area contributed by atoms with Crippen molar-refractivity contribution in [2.45, 2.75) is 32.5 Å². The van der Waals surface area contributed by atoms with Gasteiger partial charge in [-0.05, 0) is 49.5 Å². The van der Waals surface area contributed by atoms with Crippen molar-refractivity contribution in [3.63, 3.8) is 0 Å². The predicted octanol–water partition coefficient (Wildman–Crippen LogP) is 2.34. The molecule has 2 aromatic rings. The Morgan fingerprint density at radius 2 is 2.30 bits per heavy atom. The van der Waals surface area contributed by atoms with Crippen LogP contribution in [0.25, 0.3) is 0 Å². The molecule has 1 unspecified atom stereocenters. The van der Waals surface area contributed by atoms with Crippen LogP contribution >= 0.6 is 0 Å². The largest absolute Gasteiger partial charge is 0.497 e. The highest BCUT2D eigenvalue weighted by molar-refractivity contribution is 5.27. The summed E-state index contributed by atoms with van der Waals surface area (Å²) in [6.07, 6.45) is 3.18. The van der Waals surface area contributed by atoms with Gasteiger partial charge in [-0.3, -0.25) is 0 Å². The van der Waals surface area contributed by atoms with Crippen molar-refractivity contribution in [1.82, 2.24) is 15.5 Å². The van der Waals surface area contributed by atoms with Gasteiger partial charge >= 0.3 is 0 Å². The zero-order valence-electron chi connectivity index (χ0n) is 13.5. The first-order chi connectivity index (χ1) is 11.3. The van der Waals surface area contributed by atoms with Crippen LogP contribution in [-0.4, -0.2) is 30.3 Å². The summed E-state index contributed by atoms with van der Waals surface area (Å²) in [5, 5.41) is 7.34. The summed E-state index contributed by atoms with van der Waals surface area (Å²) in [4.78, 5) is 4.39. The smallest absolute Gasteiger partial charge is 0.226 e. The maximum atomic E-state index is 5.65. The average molecular weight is 317 g/mol. The fourth-order valence-electron chi connectivity index (χ4n) is 2.76. The van der Waals surface area contributed by atoms with Crippen molar-refractivity contribution < 1.29 is 14.0 Å². The van der Waals surface area contributed by atoms with Crippen molar-refractivity contribution in [2.75, 3.05) is 20.2 Å². The molecule has 124 valence electrons. The molecule has 3 rings (SSSR count). The Labute approximate surface area is 136 Å². The average Bonchev–Trinajstić information content (AvgIpc) is 3.25. The molecule has 0 saturated carbocycles. The molecule has 23 heavy (non-hydrogen) atoms. The highest BCUT2D eigenvalue weighted by atomic mass is 16.5. The van der Waals surface area contributed by atoms with E-state index in [0.29, 0.717) is 24.9 Å². The molecule has 0 spiro atoms. The fraction of sp³-hybridized carbons (Fsp3) is 0.529. The fourth-order valence-corrected chi connectivity index (χ4v) is 2.76. The van der Waals surface area contributed by atoms with Gasteiger partial charge in [-0.1, -0.05) is 17.3 Å². The third-order valence-electron chi connectivity index (χ3n) is 4.07. The molecule has 1 saturated heterocycles. The van der Waals surface area contributed by atoms with Crippen LogP contribution in [-0.2, 0) is 24.4 Å². The lowest BCUT2D eigenvalue weighted by atomic mass is 10.0. The van der Waals surface area contributed by atoms with Crippen LogP contribution in [0.15, 0.2) is 28.8 Å². The number of nitrogens with one attached hydrogen (secondary N) is 1. The molecule has 6 heteroatoms. The maximum absolute atomic E-state index is 5.65. The predicted molar refractivity (Wildman–Crippen MR) is 85.1 cm³/mol. The van der Waals surface area contributed by atoms with Gasteiger partial charge in [0.15, 0.2) is 5.82 Å². The molecule has 0 aliphatic carbocycles. The maximum Gasteiger partial charge on any atom is 0.226 e. The van der Waals surface area contributed by atoms with Gasteiger partial charge in [0.1, 0.15) is 12.4 Å². The molecule has 1 N–H and O–H groups in total. The Morgan fingerprint density at radius 1 is 1.35 bits per heavy atom. The van der Waals surface area contributed by atoms with Crippen LogP contribution in [0.1, 0.15) is 30.1 Å². The number of nitrogens with zero attached hydrogens (tertiary/aromatic N) is 2. The Hall–Kier alpha value is -1.92. The van der Waals surface area contributed by atoms with Gasteiger partial charge in [-0.25, -0.2) is 0 Å². The van der Waals surface area contributed by atoms with Crippen molar-refractivity contribution in [3.05, 3.63) is 41.5 Å². The SMILES string of the molecule is COc1cccc(COCc2noc(CCC3CCNC3)n2)c1. The van der Waals surface area contributed by atoms with E-state index in [1.165, 1.54) is 6.42 Å². The zero-order valence-corrected chi connectivity index (χ0v) is 13.5. The van der Waals surface area contributed by atoms with Gasteiger partial charge in [0.2, 0.25) is 5.89 Å². The molecule has 1 atom stereocenters. The second kappa shape index (κ2) is 8.08. The third-order valence-corrected chi connectivity index (χ3v) is 4.07. The van der Waals surface area contributed by atoms with Gasteiger partial charge < -0.3 is 19.3 Å². The molecular formula is C17H23N3O3. The first-order valence-electron chi connectivity index (χ1n) is 8.06. The number of hydrogen-bond donors (Lipinski definition) is 1. The summed E-state index contributed by atoms with van der Waals surface area (Å²) in [7, 11) is 1.66. The van der Waals surface area contributed by atoms with Gasteiger partial charge in [0.25, 0.3) is 0 Å². The summed E-state index contributed by atoms with van der Waals surface area (Å²) in [5.74, 6) is 2.87. The number of hydrogen-bond acceptors (Lipinski definition) is 6. The van der Waals surface area contributed by atoms with Crippen molar-refractivity contribution in [2.24, 2.45) is 5.92 Å². The van der Waals surface area contributed by atoms with Crippen molar-refractivity contribution in [1.29, 1.82) is 0 Å². The Balaban J connectivity index is 1.41. The number of aromatic nitrogens is 2. The molecule has 1 aromatic heterocycles. The monoisotopic (exact) mass is 317 g/mol. The molecule has 0 bridgehead atoms. The normalized spacial score (nSPS) is 17.5. The topological polar surface area (TPSA) is 69.4 Å². The van der Waals surface area contributed by atoms with Crippen LogP contribution in [0.2, 0.25) is 0 Å². The molecule has 6 nitrogen and oxygen atoms in total. The van der Waals surface area contributed by atoms with E-state index in [1.807, 2.05) is 24.3 Å². The third kappa shape index (κ3) is 4.77. The second-order valence-electron chi connectivity index (χ2n) is 5.85. The van der Waals surface area contributed by atoms with E-state index >= 15 is 0 Å². The summed E-state index contributed by atoms with van der Waals surface area (Å²) >= 11 is 0. The van der Waals surface area contributed by atoms with Gasteiger partial charge in [-0.15, -0.1) is 0 Å². The summed E-state index contributed by atoms with van der Waals surface area (Å²) in [6, 6.07) is 7.81. The van der Waals surface area contributed by atoms with Crippen molar-refractivity contribution in [3.8, 4) is 5.75 Å². The van der Waals surface area contributed by atoms with Crippen LogP contribution in [0, 0.1) is 5.92 Å². The highest BCUT2D eigenvalue weighted by Crippen LogP contribution is 2.16. The first kappa shape index (κ1) is 16.0. The Bertz CT molecular complexity index is 609. The molecule has 0 amide bonds. The molecule has 0 radical (unpaired) electrons. The van der Waals surface area contributed by atoms with E-state index in [-0.39, 0.29) is 0 Å². The van der Waals surface area contributed by atoms with E-state index < -0.39 is 0 Å². The summed E-state index contributed by atoms with van der Waals surface area (Å²) in [6.45, 7) is 3.07. The minimum atomic E-state index is 0.353. The first-order valence-corrected chi connectivity index (χ1v) is 8.06. The second-order valence-corrected chi connectivity index (χ2v) is 5.85. The zero-order chi connectivity index (χ0) is 15.9. The molecule has 1 aliphatic heterocycles. The van der Waals surface area contributed by atoms with Crippen molar-refractivity contribution >= 4 is 0 Å². The van der Waals surface area contributed by atoms with Crippen LogP contribution in [0.3, 0.4) is 0 Å². The van der Waals surface area contributed by atoms with Gasteiger partial charge in [0.05, 0.1) is 13.7 Å². The minimum Gasteiger partial charge on any atom is -0.497 e. The Kier molecular flexibility index (Phi) is 5.60. The molecule has 1 aromatic carbocycles. The lowest BCUT2D eigenvalue weighted by Crippen LogP contribution is -2.09. The van der Waals surface area contributed by atoms with Gasteiger partial charge in [0, 0.05) is 6.42 Å². The molecule has 1 aliphatic rings. The van der Waals surface area contributed by atoms with E-state index in [0.717, 1.165) is 43.2 Å². The van der Waals surface area contributed by atoms with Crippen LogP contribution in [0.4, 0.5) is 0 Å². The molecular weight excluding hydrogens is 294 g/mol. The summed E-state index contributed by atoms with van der Waals surface area (Å²) < 4.78 is 16.1.